The van der Waals surface area contributed by atoms with Crippen molar-refractivity contribution in [3.8, 4) is 0 Å². The van der Waals surface area contributed by atoms with Gasteiger partial charge in [0.1, 0.15) is 0 Å². The fourth-order valence-corrected chi connectivity index (χ4v) is 1.39. The molecule has 80 valence electrons. The Morgan fingerprint density at radius 3 is 2.53 bits per heavy atom. The van der Waals surface area contributed by atoms with Crippen molar-refractivity contribution in [2.24, 2.45) is 5.73 Å². The third-order valence-corrected chi connectivity index (χ3v) is 2.01. The van der Waals surface area contributed by atoms with E-state index >= 15 is 0 Å². The molecule has 0 aliphatic carbocycles. The minimum atomic E-state index is 0.125. The lowest BCUT2D eigenvalue weighted by Gasteiger charge is -2.07. The van der Waals surface area contributed by atoms with Crippen molar-refractivity contribution in [3.05, 3.63) is 35.9 Å². The van der Waals surface area contributed by atoms with Gasteiger partial charge in [-0.25, -0.2) is 0 Å². The van der Waals surface area contributed by atoms with Crippen LogP contribution in [0.1, 0.15) is 5.56 Å². The third-order valence-electron chi connectivity index (χ3n) is 1.69. The minimum Gasteiger partial charge on any atom is -0.470 e. The van der Waals surface area contributed by atoms with Gasteiger partial charge in [-0.3, -0.25) is 5.32 Å². The van der Waals surface area contributed by atoms with Gasteiger partial charge in [0, 0.05) is 6.42 Å². The molecule has 1 rings (SSSR count). The fourth-order valence-electron chi connectivity index (χ4n) is 1.04. The highest BCUT2D eigenvalue weighted by Crippen LogP contribution is 1.99. The Kier molecular flexibility index (Phi) is 5.00. The first-order valence-corrected chi connectivity index (χ1v) is 5.27. The van der Waals surface area contributed by atoms with Gasteiger partial charge in [0.05, 0.1) is 6.61 Å². The van der Waals surface area contributed by atoms with Crippen molar-refractivity contribution in [1.82, 2.24) is 5.32 Å². The summed E-state index contributed by atoms with van der Waals surface area (Å²) in [6.07, 6.45) is 0.806. The Bertz CT molecular complexity index is 341. The molecule has 0 amide bonds. The molecule has 1 aromatic rings. The molecule has 5 heteroatoms. The number of rotatable bonds is 3. The third kappa shape index (κ3) is 5.29. The normalized spacial score (nSPS) is 9.33. The number of hydrogen-bond donors (Lipinski definition) is 2. The van der Waals surface area contributed by atoms with Gasteiger partial charge in [-0.05, 0) is 30.0 Å². The molecule has 0 aromatic heterocycles. The zero-order chi connectivity index (χ0) is 11.1. The summed E-state index contributed by atoms with van der Waals surface area (Å²) >= 11 is 9.46. The van der Waals surface area contributed by atoms with E-state index in [1.165, 1.54) is 5.56 Å². The van der Waals surface area contributed by atoms with Crippen molar-refractivity contribution in [2.75, 3.05) is 6.61 Å². The second-order valence-corrected chi connectivity index (χ2v) is 3.67. The van der Waals surface area contributed by atoms with E-state index in [1.807, 2.05) is 30.3 Å². The molecule has 0 aliphatic rings. The van der Waals surface area contributed by atoms with Crippen LogP contribution in [0, 0.1) is 0 Å². The van der Waals surface area contributed by atoms with Crippen LogP contribution >= 0.6 is 24.4 Å². The van der Waals surface area contributed by atoms with Gasteiger partial charge in [-0.1, -0.05) is 30.3 Å². The van der Waals surface area contributed by atoms with Crippen molar-refractivity contribution in [3.63, 3.8) is 0 Å². The lowest BCUT2D eigenvalue weighted by atomic mass is 10.2. The lowest BCUT2D eigenvalue weighted by molar-refractivity contribution is 0.308. The smallest absolute Gasteiger partial charge is 0.262 e. The highest BCUT2D eigenvalue weighted by atomic mass is 32.1. The molecule has 15 heavy (non-hydrogen) atoms. The summed E-state index contributed by atoms with van der Waals surface area (Å²) in [5.74, 6) is 0. The van der Waals surface area contributed by atoms with Gasteiger partial charge in [0.15, 0.2) is 5.11 Å². The predicted molar refractivity (Wildman–Crippen MR) is 68.6 cm³/mol. The Morgan fingerprint density at radius 2 is 1.93 bits per heavy atom. The quantitative estimate of drug-likeness (QED) is 0.781. The number of benzene rings is 1. The highest BCUT2D eigenvalue weighted by Gasteiger charge is 1.98. The van der Waals surface area contributed by atoms with Crippen molar-refractivity contribution in [2.45, 2.75) is 6.42 Å². The molecule has 3 N–H and O–H groups in total. The fraction of sp³-hybridized carbons (Fsp3) is 0.200. The van der Waals surface area contributed by atoms with E-state index in [4.69, 9.17) is 22.7 Å². The monoisotopic (exact) mass is 240 g/mol. The van der Waals surface area contributed by atoms with E-state index in [-0.39, 0.29) is 10.3 Å². The van der Waals surface area contributed by atoms with Crippen LogP contribution < -0.4 is 11.1 Å². The Balaban J connectivity index is 2.22. The van der Waals surface area contributed by atoms with Crippen LogP contribution in [-0.4, -0.2) is 16.9 Å². The summed E-state index contributed by atoms with van der Waals surface area (Å²) < 4.78 is 5.21. The lowest BCUT2D eigenvalue weighted by Crippen LogP contribution is -2.35. The number of hydrogen-bond acceptors (Lipinski definition) is 3. The average molecular weight is 240 g/mol. The summed E-state index contributed by atoms with van der Waals surface area (Å²) in [6, 6.07) is 10.0. The van der Waals surface area contributed by atoms with Gasteiger partial charge in [0.2, 0.25) is 0 Å². The summed E-state index contributed by atoms with van der Waals surface area (Å²) in [6.45, 7) is 0.512. The van der Waals surface area contributed by atoms with E-state index < -0.39 is 0 Å². The van der Waals surface area contributed by atoms with Crippen molar-refractivity contribution < 1.29 is 4.74 Å². The van der Waals surface area contributed by atoms with Crippen LogP contribution in [0.3, 0.4) is 0 Å². The molecular weight excluding hydrogens is 228 g/mol. The second kappa shape index (κ2) is 6.31. The first-order valence-electron chi connectivity index (χ1n) is 4.45. The van der Waals surface area contributed by atoms with Crippen LogP contribution in [0.25, 0.3) is 0 Å². The molecule has 0 fully saturated rings. The van der Waals surface area contributed by atoms with E-state index in [2.05, 4.69) is 17.5 Å². The van der Waals surface area contributed by atoms with Crippen LogP contribution in [0.4, 0.5) is 0 Å². The summed E-state index contributed by atoms with van der Waals surface area (Å²) in [5.41, 5.74) is 6.43. The van der Waals surface area contributed by atoms with Crippen LogP contribution in [0.2, 0.25) is 0 Å². The molecular formula is C10H12N2OS2. The Morgan fingerprint density at radius 1 is 1.27 bits per heavy atom. The molecule has 0 aliphatic heterocycles. The zero-order valence-electron chi connectivity index (χ0n) is 8.10. The first kappa shape index (κ1) is 11.9. The molecule has 0 heterocycles. The maximum Gasteiger partial charge on any atom is 0.262 e. The minimum absolute atomic E-state index is 0.125. The maximum absolute atomic E-state index is 5.23. The molecule has 0 saturated carbocycles. The molecule has 1 aromatic carbocycles. The summed E-state index contributed by atoms with van der Waals surface area (Å²) in [4.78, 5) is 0. The summed E-state index contributed by atoms with van der Waals surface area (Å²) in [5, 5.41) is 2.89. The van der Waals surface area contributed by atoms with E-state index in [0.717, 1.165) is 6.42 Å². The molecule has 0 unspecified atom stereocenters. The SMILES string of the molecule is NC(=S)NC(=S)OCCc1ccccc1. The van der Waals surface area contributed by atoms with Crippen molar-refractivity contribution >= 4 is 34.7 Å². The molecule has 0 bridgehead atoms. The standard InChI is InChI=1S/C10H12N2OS2/c11-9(14)12-10(15)13-7-6-8-4-2-1-3-5-8/h1-5H,6-7H2,(H3,11,12,14,15). The van der Waals surface area contributed by atoms with Crippen LogP contribution in [-0.2, 0) is 11.2 Å². The summed E-state index contributed by atoms with van der Waals surface area (Å²) in [7, 11) is 0. The van der Waals surface area contributed by atoms with Gasteiger partial charge < -0.3 is 10.5 Å². The van der Waals surface area contributed by atoms with Gasteiger partial charge in [-0.2, -0.15) is 0 Å². The maximum atomic E-state index is 5.23. The Hall–Kier alpha value is -1.20. The average Bonchev–Trinajstić information content (AvgIpc) is 2.18. The van der Waals surface area contributed by atoms with Gasteiger partial charge in [0.25, 0.3) is 5.17 Å². The van der Waals surface area contributed by atoms with Crippen LogP contribution in [0.15, 0.2) is 30.3 Å². The van der Waals surface area contributed by atoms with Gasteiger partial charge in [-0.15, -0.1) is 0 Å². The van der Waals surface area contributed by atoms with E-state index in [0.29, 0.717) is 6.61 Å². The molecule has 0 spiro atoms. The van der Waals surface area contributed by atoms with Crippen molar-refractivity contribution in [1.29, 1.82) is 0 Å². The molecule has 3 nitrogen and oxygen atoms in total. The number of thiocarbonyl (C=S) groups is 2. The van der Waals surface area contributed by atoms with Crippen LogP contribution in [0.5, 0.6) is 0 Å². The second-order valence-electron chi connectivity index (χ2n) is 2.86. The number of nitrogens with two attached hydrogens (primary N) is 1. The zero-order valence-corrected chi connectivity index (χ0v) is 9.74. The van der Waals surface area contributed by atoms with E-state index in [9.17, 15) is 0 Å². The largest absolute Gasteiger partial charge is 0.470 e. The topological polar surface area (TPSA) is 47.3 Å². The predicted octanol–water partition coefficient (Wildman–Crippen LogP) is 1.36. The molecule has 0 atom stereocenters. The van der Waals surface area contributed by atoms with E-state index in [1.54, 1.807) is 0 Å². The Labute approximate surface area is 99.6 Å². The first-order chi connectivity index (χ1) is 7.18. The highest BCUT2D eigenvalue weighted by molar-refractivity contribution is 7.81. The molecule has 0 saturated heterocycles. The molecule has 0 radical (unpaired) electrons. The number of nitrogens with one attached hydrogen (secondary N) is 1. The van der Waals surface area contributed by atoms with Gasteiger partial charge >= 0.3 is 0 Å². The number of ether oxygens (including phenoxy) is 1.